The van der Waals surface area contributed by atoms with Gasteiger partial charge in [-0.05, 0) is 49.8 Å². The Morgan fingerprint density at radius 3 is 2.57 bits per heavy atom. The third-order valence-electron chi connectivity index (χ3n) is 4.11. The molecule has 6 heteroatoms. The lowest BCUT2D eigenvalue weighted by Gasteiger charge is -2.34. The number of nitrogens with one attached hydrogen (secondary N) is 2. The monoisotopic (exact) mass is 330 g/mol. The maximum Gasteiger partial charge on any atom is 0.250 e. The Bertz CT molecular complexity index is 554. The Kier molecular flexibility index (Phi) is 5.46. The molecule has 0 spiro atoms. The number of rotatable bonds is 6. The van der Waals surface area contributed by atoms with E-state index in [1.54, 1.807) is 6.07 Å². The minimum atomic E-state index is -3.36. The highest BCUT2D eigenvalue weighted by atomic mass is 32.2. The van der Waals surface area contributed by atoms with E-state index in [4.69, 9.17) is 0 Å². The molecule has 0 aliphatic heterocycles. The minimum Gasteiger partial charge on any atom is -0.312 e. The highest BCUT2D eigenvalue weighted by Crippen LogP contribution is 2.35. The van der Waals surface area contributed by atoms with Crippen LogP contribution in [0.25, 0.3) is 0 Å². The molecule has 0 atom stereocenters. The van der Waals surface area contributed by atoms with Crippen LogP contribution in [0.5, 0.6) is 0 Å². The van der Waals surface area contributed by atoms with Gasteiger partial charge >= 0.3 is 0 Å². The Morgan fingerprint density at radius 1 is 1.29 bits per heavy atom. The topological polar surface area (TPSA) is 58.2 Å². The van der Waals surface area contributed by atoms with Crippen LogP contribution in [-0.2, 0) is 16.6 Å². The molecule has 0 saturated heterocycles. The first-order valence-electron chi connectivity index (χ1n) is 7.64. The molecule has 0 bridgehead atoms. The molecule has 120 valence electrons. The van der Waals surface area contributed by atoms with Crippen LogP contribution in [0.3, 0.4) is 0 Å². The third-order valence-corrected chi connectivity index (χ3v) is 7.21. The quantitative estimate of drug-likeness (QED) is 0.842. The summed E-state index contributed by atoms with van der Waals surface area (Å²) in [4.78, 5) is 1.06. The Balaban J connectivity index is 1.97. The lowest BCUT2D eigenvalue weighted by Crippen LogP contribution is -2.38. The number of thiophene rings is 1. The van der Waals surface area contributed by atoms with Gasteiger partial charge in [0.1, 0.15) is 4.21 Å². The van der Waals surface area contributed by atoms with Crippen LogP contribution in [0.15, 0.2) is 16.3 Å². The molecule has 1 aliphatic rings. The van der Waals surface area contributed by atoms with E-state index in [1.165, 1.54) is 11.3 Å². The summed E-state index contributed by atoms with van der Waals surface area (Å²) in [5.41, 5.74) is 0.351. The predicted molar refractivity (Wildman–Crippen MR) is 88.1 cm³/mol. The van der Waals surface area contributed by atoms with Crippen molar-refractivity contribution in [1.82, 2.24) is 10.0 Å². The SMILES string of the molecule is CCNCc1ccc(S(=O)(=O)NC2CCC(C)(C)CC2)s1. The van der Waals surface area contributed by atoms with Crippen molar-refractivity contribution in [2.75, 3.05) is 6.54 Å². The molecule has 1 saturated carbocycles. The fourth-order valence-electron chi connectivity index (χ4n) is 2.64. The van der Waals surface area contributed by atoms with Crippen LogP contribution in [0.2, 0.25) is 0 Å². The Hall–Kier alpha value is -0.430. The molecule has 0 radical (unpaired) electrons. The van der Waals surface area contributed by atoms with Crippen molar-refractivity contribution < 1.29 is 8.42 Å². The van der Waals surface area contributed by atoms with E-state index in [9.17, 15) is 8.42 Å². The van der Waals surface area contributed by atoms with Crippen molar-refractivity contribution in [3.63, 3.8) is 0 Å². The van der Waals surface area contributed by atoms with Gasteiger partial charge in [0.05, 0.1) is 0 Å². The largest absolute Gasteiger partial charge is 0.312 e. The minimum absolute atomic E-state index is 0.0855. The first-order valence-corrected chi connectivity index (χ1v) is 9.94. The fraction of sp³-hybridized carbons (Fsp3) is 0.733. The number of sulfonamides is 1. The van der Waals surface area contributed by atoms with Crippen LogP contribution in [-0.4, -0.2) is 21.0 Å². The molecule has 1 aromatic heterocycles. The zero-order valence-electron chi connectivity index (χ0n) is 13.1. The van der Waals surface area contributed by atoms with Crippen molar-refractivity contribution in [3.8, 4) is 0 Å². The summed E-state index contributed by atoms with van der Waals surface area (Å²) < 4.78 is 28.2. The number of hydrogen-bond donors (Lipinski definition) is 2. The smallest absolute Gasteiger partial charge is 0.250 e. The zero-order valence-corrected chi connectivity index (χ0v) is 14.7. The van der Waals surface area contributed by atoms with Gasteiger partial charge < -0.3 is 5.32 Å². The molecule has 1 heterocycles. The molecule has 1 fully saturated rings. The second kappa shape index (κ2) is 6.77. The van der Waals surface area contributed by atoms with Crippen molar-refractivity contribution in [3.05, 3.63) is 17.0 Å². The summed E-state index contributed by atoms with van der Waals surface area (Å²) in [6, 6.07) is 3.69. The van der Waals surface area contributed by atoms with E-state index in [-0.39, 0.29) is 6.04 Å². The van der Waals surface area contributed by atoms with Gasteiger partial charge in [-0.15, -0.1) is 11.3 Å². The van der Waals surface area contributed by atoms with Crippen molar-refractivity contribution >= 4 is 21.4 Å². The molecule has 0 unspecified atom stereocenters. The molecule has 4 nitrogen and oxygen atoms in total. The van der Waals surface area contributed by atoms with Crippen LogP contribution >= 0.6 is 11.3 Å². The summed E-state index contributed by atoms with van der Waals surface area (Å²) in [7, 11) is -3.36. The van der Waals surface area contributed by atoms with Crippen LogP contribution in [0.1, 0.15) is 51.3 Å². The molecular formula is C15H26N2O2S2. The molecule has 0 aromatic carbocycles. The number of hydrogen-bond acceptors (Lipinski definition) is 4. The summed E-state index contributed by atoms with van der Waals surface area (Å²) in [6.07, 6.45) is 4.02. The van der Waals surface area contributed by atoms with Gasteiger partial charge in [0.25, 0.3) is 0 Å². The first kappa shape index (κ1) is 16.9. The summed E-state index contributed by atoms with van der Waals surface area (Å²) in [6.45, 7) is 8.16. The van der Waals surface area contributed by atoms with Crippen molar-refractivity contribution in [1.29, 1.82) is 0 Å². The van der Waals surface area contributed by atoms with Gasteiger partial charge in [-0.1, -0.05) is 20.8 Å². The van der Waals surface area contributed by atoms with E-state index in [2.05, 4.69) is 23.9 Å². The van der Waals surface area contributed by atoms with E-state index >= 15 is 0 Å². The summed E-state index contributed by atoms with van der Waals surface area (Å²) >= 11 is 1.36. The van der Waals surface area contributed by atoms with Gasteiger partial charge in [-0.3, -0.25) is 0 Å². The van der Waals surface area contributed by atoms with Crippen molar-refractivity contribution in [2.45, 2.75) is 63.3 Å². The second-order valence-electron chi connectivity index (χ2n) is 6.56. The van der Waals surface area contributed by atoms with Gasteiger partial charge in [0.2, 0.25) is 10.0 Å². The van der Waals surface area contributed by atoms with E-state index in [0.29, 0.717) is 9.62 Å². The molecule has 1 aromatic rings. The molecule has 0 amide bonds. The highest BCUT2D eigenvalue weighted by molar-refractivity contribution is 7.91. The molecule has 1 aliphatic carbocycles. The van der Waals surface area contributed by atoms with Crippen LogP contribution in [0.4, 0.5) is 0 Å². The Labute approximate surface area is 132 Å². The maximum absolute atomic E-state index is 12.4. The molecule has 21 heavy (non-hydrogen) atoms. The second-order valence-corrected chi connectivity index (χ2v) is 9.67. The third kappa shape index (κ3) is 4.77. The van der Waals surface area contributed by atoms with Crippen LogP contribution in [0, 0.1) is 5.41 Å². The normalized spacial score (nSPS) is 19.8. The fourth-order valence-corrected chi connectivity index (χ4v) is 5.29. The van der Waals surface area contributed by atoms with E-state index in [1.807, 2.05) is 13.0 Å². The highest BCUT2D eigenvalue weighted by Gasteiger charge is 2.30. The van der Waals surface area contributed by atoms with E-state index in [0.717, 1.165) is 43.6 Å². The Morgan fingerprint density at radius 2 is 1.95 bits per heavy atom. The first-order chi connectivity index (χ1) is 9.82. The zero-order chi connectivity index (χ0) is 15.5. The van der Waals surface area contributed by atoms with E-state index < -0.39 is 10.0 Å². The van der Waals surface area contributed by atoms with Gasteiger partial charge in [0, 0.05) is 17.5 Å². The molecular weight excluding hydrogens is 304 g/mol. The van der Waals surface area contributed by atoms with Gasteiger partial charge in [0.15, 0.2) is 0 Å². The lowest BCUT2D eigenvalue weighted by atomic mass is 9.76. The average molecular weight is 331 g/mol. The predicted octanol–water partition coefficient (Wildman–Crippen LogP) is 3.10. The van der Waals surface area contributed by atoms with Gasteiger partial charge in [-0.2, -0.15) is 0 Å². The summed E-state index contributed by atoms with van der Waals surface area (Å²) in [5, 5.41) is 3.21. The molecule has 2 rings (SSSR count). The molecule has 2 N–H and O–H groups in total. The maximum atomic E-state index is 12.4. The lowest BCUT2D eigenvalue weighted by molar-refractivity contribution is 0.218. The van der Waals surface area contributed by atoms with Crippen molar-refractivity contribution in [2.24, 2.45) is 5.41 Å². The standard InChI is InChI=1S/C15H26N2O2S2/c1-4-16-11-13-5-6-14(20-13)21(18,19)17-12-7-9-15(2,3)10-8-12/h5-6,12,16-17H,4,7-11H2,1-3H3. The van der Waals surface area contributed by atoms with Gasteiger partial charge in [-0.25, -0.2) is 13.1 Å². The summed E-state index contributed by atoms with van der Waals surface area (Å²) in [5.74, 6) is 0. The van der Waals surface area contributed by atoms with Crippen LogP contribution < -0.4 is 10.0 Å². The average Bonchev–Trinajstić information content (AvgIpc) is 2.88.